The van der Waals surface area contributed by atoms with Crippen LogP contribution in [0.2, 0.25) is 0 Å². The van der Waals surface area contributed by atoms with Gasteiger partial charge in [0, 0.05) is 7.11 Å². The van der Waals surface area contributed by atoms with Crippen molar-refractivity contribution < 1.29 is 9.15 Å². The van der Waals surface area contributed by atoms with E-state index in [4.69, 9.17) is 9.15 Å². The van der Waals surface area contributed by atoms with Crippen molar-refractivity contribution in [3.05, 3.63) is 11.8 Å². The zero-order valence-electron chi connectivity index (χ0n) is 10.7. The Hall–Kier alpha value is -0.940. The number of hydrogen-bond donors (Lipinski definition) is 1. The molecule has 5 heteroatoms. The van der Waals surface area contributed by atoms with Crippen LogP contribution in [0.3, 0.4) is 0 Å². The Morgan fingerprint density at radius 2 is 2.12 bits per heavy atom. The number of hydrogen-bond acceptors (Lipinski definition) is 5. The summed E-state index contributed by atoms with van der Waals surface area (Å²) in [5, 5.41) is 11.3. The van der Waals surface area contributed by atoms with E-state index in [1.165, 1.54) is 0 Å². The number of nitrogens with zero attached hydrogens (tertiary/aromatic N) is 2. The number of aromatic nitrogens is 2. The first-order valence-electron chi connectivity index (χ1n) is 5.59. The van der Waals surface area contributed by atoms with Crippen LogP contribution in [0.15, 0.2) is 4.42 Å². The molecule has 1 aromatic rings. The smallest absolute Gasteiger partial charge is 0.233 e. The van der Waals surface area contributed by atoms with E-state index in [0.717, 1.165) is 6.54 Å². The summed E-state index contributed by atoms with van der Waals surface area (Å²) < 4.78 is 10.9. The van der Waals surface area contributed by atoms with Gasteiger partial charge in [-0.15, -0.1) is 10.2 Å². The fraction of sp³-hybridized carbons (Fsp3) is 0.818. The maximum absolute atomic E-state index is 5.57. The largest absolute Gasteiger partial charge is 0.423 e. The Labute approximate surface area is 96.6 Å². The number of methoxy groups -OCH3 is 1. The van der Waals surface area contributed by atoms with Crippen molar-refractivity contribution in [1.82, 2.24) is 15.5 Å². The third kappa shape index (κ3) is 3.57. The van der Waals surface area contributed by atoms with E-state index in [-0.39, 0.29) is 11.6 Å². The van der Waals surface area contributed by atoms with Gasteiger partial charge in [0.05, 0.1) is 18.1 Å². The molecule has 0 bridgehead atoms. The number of rotatable bonds is 6. The van der Waals surface area contributed by atoms with Crippen molar-refractivity contribution in [1.29, 1.82) is 0 Å². The van der Waals surface area contributed by atoms with Crippen LogP contribution in [-0.2, 0) is 11.2 Å². The molecule has 0 fully saturated rings. The highest BCUT2D eigenvalue weighted by atomic mass is 16.5. The molecule has 0 amide bonds. The van der Waals surface area contributed by atoms with Gasteiger partial charge in [-0.25, -0.2) is 0 Å². The summed E-state index contributed by atoms with van der Waals surface area (Å²) in [5.41, 5.74) is -0.273. The van der Waals surface area contributed by atoms with Gasteiger partial charge in [-0.1, -0.05) is 6.92 Å². The Balaban J connectivity index is 2.64. The summed E-state index contributed by atoms with van der Waals surface area (Å²) in [5.74, 6) is 1.25. The Kier molecular flexibility index (Phi) is 4.44. The van der Waals surface area contributed by atoms with Crippen LogP contribution in [0.1, 0.15) is 45.5 Å². The normalized spacial score (nSPS) is 14.1. The van der Waals surface area contributed by atoms with Crippen molar-refractivity contribution in [3.63, 3.8) is 0 Å². The standard InChI is InChI=1S/C11H21N3O2/c1-6-12-8(2)10-14-13-9(16-10)7-11(3,4)15-5/h8,12H,6-7H2,1-5H3. The van der Waals surface area contributed by atoms with Crippen molar-refractivity contribution >= 4 is 0 Å². The Morgan fingerprint density at radius 3 is 2.69 bits per heavy atom. The van der Waals surface area contributed by atoms with E-state index in [1.54, 1.807) is 7.11 Å². The molecule has 1 atom stereocenters. The average Bonchev–Trinajstić information content (AvgIpc) is 2.66. The lowest BCUT2D eigenvalue weighted by molar-refractivity contribution is 0.0178. The second kappa shape index (κ2) is 5.41. The van der Waals surface area contributed by atoms with Crippen LogP contribution < -0.4 is 5.32 Å². The van der Waals surface area contributed by atoms with Crippen LogP contribution in [0.25, 0.3) is 0 Å². The molecule has 1 aromatic heterocycles. The van der Waals surface area contributed by atoms with E-state index in [2.05, 4.69) is 15.5 Å². The van der Waals surface area contributed by atoms with Gasteiger partial charge in [0.1, 0.15) is 0 Å². The molecular weight excluding hydrogens is 206 g/mol. The molecule has 0 aliphatic heterocycles. The van der Waals surface area contributed by atoms with E-state index in [0.29, 0.717) is 18.2 Å². The summed E-state index contributed by atoms with van der Waals surface area (Å²) in [6.45, 7) is 8.90. The minimum absolute atomic E-state index is 0.0944. The van der Waals surface area contributed by atoms with Gasteiger partial charge in [0.15, 0.2) is 0 Å². The highest BCUT2D eigenvalue weighted by Crippen LogP contribution is 2.17. The quantitative estimate of drug-likeness (QED) is 0.801. The molecule has 0 radical (unpaired) electrons. The summed E-state index contributed by atoms with van der Waals surface area (Å²) in [4.78, 5) is 0. The Bertz CT molecular complexity index is 323. The van der Waals surface area contributed by atoms with Crippen LogP contribution in [0, 0.1) is 0 Å². The van der Waals surface area contributed by atoms with Crippen LogP contribution >= 0.6 is 0 Å². The van der Waals surface area contributed by atoms with E-state index in [1.807, 2.05) is 27.7 Å². The minimum atomic E-state index is -0.273. The van der Waals surface area contributed by atoms with Crippen LogP contribution in [0.5, 0.6) is 0 Å². The highest BCUT2D eigenvalue weighted by molar-refractivity contribution is 4.91. The summed E-state index contributed by atoms with van der Waals surface area (Å²) in [7, 11) is 1.68. The van der Waals surface area contributed by atoms with E-state index in [9.17, 15) is 0 Å². The number of ether oxygens (including phenoxy) is 1. The first-order valence-corrected chi connectivity index (χ1v) is 5.59. The molecule has 1 unspecified atom stereocenters. The third-order valence-electron chi connectivity index (χ3n) is 2.49. The van der Waals surface area contributed by atoms with Gasteiger partial charge in [-0.3, -0.25) is 0 Å². The van der Waals surface area contributed by atoms with Crippen molar-refractivity contribution in [2.45, 2.75) is 45.8 Å². The maximum atomic E-state index is 5.57. The molecule has 0 aliphatic carbocycles. The van der Waals surface area contributed by atoms with Gasteiger partial charge >= 0.3 is 0 Å². The second-order valence-electron chi connectivity index (χ2n) is 4.45. The molecular formula is C11H21N3O2. The maximum Gasteiger partial charge on any atom is 0.233 e. The second-order valence-corrected chi connectivity index (χ2v) is 4.45. The van der Waals surface area contributed by atoms with Crippen molar-refractivity contribution in [2.24, 2.45) is 0 Å². The van der Waals surface area contributed by atoms with E-state index >= 15 is 0 Å². The fourth-order valence-corrected chi connectivity index (χ4v) is 1.34. The fourth-order valence-electron chi connectivity index (χ4n) is 1.34. The lowest BCUT2D eigenvalue weighted by Gasteiger charge is -2.20. The molecule has 1 heterocycles. The average molecular weight is 227 g/mol. The lowest BCUT2D eigenvalue weighted by Crippen LogP contribution is -2.25. The molecule has 5 nitrogen and oxygen atoms in total. The number of nitrogens with one attached hydrogen (secondary N) is 1. The van der Waals surface area contributed by atoms with Gasteiger partial charge in [0.2, 0.25) is 11.8 Å². The first kappa shape index (κ1) is 13.1. The molecule has 0 saturated carbocycles. The zero-order valence-corrected chi connectivity index (χ0v) is 10.7. The highest BCUT2D eigenvalue weighted by Gasteiger charge is 2.22. The molecule has 1 rings (SSSR count). The Morgan fingerprint density at radius 1 is 1.44 bits per heavy atom. The SMILES string of the molecule is CCNC(C)c1nnc(CC(C)(C)OC)o1. The summed E-state index contributed by atoms with van der Waals surface area (Å²) in [6.07, 6.45) is 0.620. The van der Waals surface area contributed by atoms with Crippen molar-refractivity contribution in [3.8, 4) is 0 Å². The predicted molar refractivity (Wildman–Crippen MR) is 61.2 cm³/mol. The van der Waals surface area contributed by atoms with Gasteiger partial charge in [-0.05, 0) is 27.3 Å². The van der Waals surface area contributed by atoms with Gasteiger partial charge in [-0.2, -0.15) is 0 Å². The molecule has 0 saturated heterocycles. The van der Waals surface area contributed by atoms with Gasteiger partial charge < -0.3 is 14.5 Å². The monoisotopic (exact) mass is 227 g/mol. The molecule has 0 aliphatic rings. The molecule has 92 valence electrons. The topological polar surface area (TPSA) is 60.2 Å². The van der Waals surface area contributed by atoms with Gasteiger partial charge in [0.25, 0.3) is 0 Å². The molecule has 16 heavy (non-hydrogen) atoms. The first-order chi connectivity index (χ1) is 7.48. The summed E-state index contributed by atoms with van der Waals surface area (Å²) in [6, 6.07) is 0.0944. The van der Waals surface area contributed by atoms with Crippen LogP contribution in [-0.4, -0.2) is 29.5 Å². The molecule has 0 aromatic carbocycles. The predicted octanol–water partition coefficient (Wildman–Crippen LogP) is 1.71. The third-order valence-corrected chi connectivity index (χ3v) is 2.49. The summed E-state index contributed by atoms with van der Waals surface area (Å²) >= 11 is 0. The van der Waals surface area contributed by atoms with Crippen LogP contribution in [0.4, 0.5) is 0 Å². The molecule has 1 N–H and O–H groups in total. The lowest BCUT2D eigenvalue weighted by atomic mass is 10.1. The minimum Gasteiger partial charge on any atom is -0.423 e. The molecule has 0 spiro atoms. The zero-order chi connectivity index (χ0) is 12.2. The van der Waals surface area contributed by atoms with E-state index < -0.39 is 0 Å². The van der Waals surface area contributed by atoms with Crippen molar-refractivity contribution in [2.75, 3.05) is 13.7 Å².